The molecule has 1 N–H and O–H groups in total. The Kier molecular flexibility index (Phi) is 5.10. The first-order valence-electron chi connectivity index (χ1n) is 9.16. The summed E-state index contributed by atoms with van der Waals surface area (Å²) in [5.41, 5.74) is 2.12. The zero-order chi connectivity index (χ0) is 22.0. The average Bonchev–Trinajstić information content (AvgIpc) is 2.78. The molecule has 1 unspecified atom stereocenters. The molecule has 0 aromatic heterocycles. The minimum absolute atomic E-state index is 0.0504. The average molecular weight is 417 g/mol. The number of carbonyl (C=O) groups is 1. The Bertz CT molecular complexity index is 1190. The summed E-state index contributed by atoms with van der Waals surface area (Å²) in [7, 11) is 0. The van der Waals surface area contributed by atoms with E-state index >= 15 is 0 Å². The minimum atomic E-state index is -0.697. The van der Waals surface area contributed by atoms with E-state index in [-0.39, 0.29) is 17.3 Å². The highest BCUT2D eigenvalue weighted by molar-refractivity contribution is 6.02. The van der Waals surface area contributed by atoms with Crippen LogP contribution in [0.5, 0.6) is 0 Å². The van der Waals surface area contributed by atoms with Crippen LogP contribution >= 0.6 is 0 Å². The number of hydrogen-bond acceptors (Lipinski definition) is 7. The second-order valence-electron chi connectivity index (χ2n) is 6.68. The van der Waals surface area contributed by atoms with E-state index in [1.165, 1.54) is 47.6 Å². The third kappa shape index (κ3) is 3.94. The molecule has 0 spiro atoms. The zero-order valence-corrected chi connectivity index (χ0v) is 15.9. The molecule has 154 valence electrons. The summed E-state index contributed by atoms with van der Waals surface area (Å²) in [5.74, 6) is -0.351. The largest absolute Gasteiger partial charge is 0.359 e. The Morgan fingerprint density at radius 3 is 2.06 bits per heavy atom. The van der Waals surface area contributed by atoms with Crippen LogP contribution in [-0.4, -0.2) is 27.0 Å². The third-order valence-corrected chi connectivity index (χ3v) is 4.76. The monoisotopic (exact) mass is 417 g/mol. The number of benzene rings is 3. The highest BCUT2D eigenvalue weighted by Crippen LogP contribution is 2.33. The van der Waals surface area contributed by atoms with Gasteiger partial charge in [0.1, 0.15) is 0 Å². The molecule has 1 aliphatic heterocycles. The van der Waals surface area contributed by atoms with Gasteiger partial charge < -0.3 is 5.32 Å². The maximum absolute atomic E-state index is 13.1. The molecular formula is C21H15N5O5. The quantitative estimate of drug-likeness (QED) is 0.378. The molecule has 1 amide bonds. The van der Waals surface area contributed by atoms with Gasteiger partial charge in [-0.25, -0.2) is 5.01 Å². The second kappa shape index (κ2) is 8.03. The van der Waals surface area contributed by atoms with Gasteiger partial charge in [-0.1, -0.05) is 12.1 Å². The molecule has 10 heteroatoms. The summed E-state index contributed by atoms with van der Waals surface area (Å²) in [6.07, 6.45) is 0.729. The predicted octanol–water partition coefficient (Wildman–Crippen LogP) is 4.10. The van der Waals surface area contributed by atoms with Crippen molar-refractivity contribution in [3.05, 3.63) is 110 Å². The fourth-order valence-corrected chi connectivity index (χ4v) is 3.18. The van der Waals surface area contributed by atoms with Crippen molar-refractivity contribution in [2.75, 3.05) is 5.32 Å². The number of nitro benzene ring substituents is 2. The van der Waals surface area contributed by atoms with Gasteiger partial charge >= 0.3 is 0 Å². The first-order valence-corrected chi connectivity index (χ1v) is 9.16. The number of hydrogen-bond donors (Lipinski definition) is 1. The molecule has 3 aromatic rings. The van der Waals surface area contributed by atoms with Gasteiger partial charge in [0.05, 0.1) is 21.6 Å². The van der Waals surface area contributed by atoms with Crippen molar-refractivity contribution in [3.8, 4) is 0 Å². The lowest BCUT2D eigenvalue weighted by molar-refractivity contribution is -0.385. The molecule has 3 aromatic carbocycles. The summed E-state index contributed by atoms with van der Waals surface area (Å²) in [6.45, 7) is 0. The van der Waals surface area contributed by atoms with Gasteiger partial charge in [0.2, 0.25) is 0 Å². The molecule has 0 aliphatic carbocycles. The van der Waals surface area contributed by atoms with E-state index in [0.717, 1.165) is 0 Å². The van der Waals surface area contributed by atoms with Crippen LogP contribution in [-0.2, 0) is 0 Å². The topological polar surface area (TPSA) is 131 Å². The van der Waals surface area contributed by atoms with Crippen molar-refractivity contribution >= 4 is 29.2 Å². The van der Waals surface area contributed by atoms with E-state index in [0.29, 0.717) is 22.4 Å². The lowest BCUT2D eigenvalue weighted by Gasteiger charge is -2.34. The van der Waals surface area contributed by atoms with Crippen LogP contribution in [0.1, 0.15) is 27.7 Å². The van der Waals surface area contributed by atoms with Gasteiger partial charge in [0.25, 0.3) is 17.3 Å². The van der Waals surface area contributed by atoms with Gasteiger partial charge in [-0.15, -0.1) is 0 Å². The molecule has 1 heterocycles. The fourth-order valence-electron chi connectivity index (χ4n) is 3.18. The van der Waals surface area contributed by atoms with Crippen molar-refractivity contribution in [1.82, 2.24) is 5.01 Å². The number of non-ortho nitro benzene ring substituents is 2. The molecule has 0 bridgehead atoms. The van der Waals surface area contributed by atoms with Gasteiger partial charge in [-0.2, -0.15) is 5.10 Å². The fraction of sp³-hybridized carbons (Fsp3) is 0.0476. The smallest absolute Gasteiger partial charge is 0.278 e. The number of fused-ring (bicyclic) bond motifs is 1. The number of hydrazone groups is 1. The Hall–Kier alpha value is -4.60. The summed E-state index contributed by atoms with van der Waals surface area (Å²) < 4.78 is 0. The van der Waals surface area contributed by atoms with Crippen molar-refractivity contribution in [1.29, 1.82) is 0 Å². The highest BCUT2D eigenvalue weighted by Gasteiger charge is 2.33. The first-order chi connectivity index (χ1) is 14.9. The van der Waals surface area contributed by atoms with E-state index in [2.05, 4.69) is 10.4 Å². The molecule has 0 fully saturated rings. The van der Waals surface area contributed by atoms with Gasteiger partial charge in [0, 0.05) is 30.0 Å². The molecule has 0 saturated heterocycles. The van der Waals surface area contributed by atoms with Crippen LogP contribution < -0.4 is 5.32 Å². The normalized spacial score (nSPS) is 15.4. The van der Waals surface area contributed by atoms with Crippen LogP contribution in [0.3, 0.4) is 0 Å². The number of para-hydroxylation sites is 1. The number of nitrogens with zero attached hydrogens (tertiary/aromatic N) is 4. The number of rotatable bonds is 5. The van der Waals surface area contributed by atoms with Crippen molar-refractivity contribution in [2.24, 2.45) is 5.10 Å². The maximum atomic E-state index is 13.1. The highest BCUT2D eigenvalue weighted by atomic mass is 16.6. The Balaban J connectivity index is 1.69. The molecule has 10 nitrogen and oxygen atoms in total. The SMILES string of the molecule is O=C1c2ccccc2NC(c2ccc([N+](=O)[O-])cc2)N1/N=C/c1ccc([N+](=O)[O-])cc1. The number of anilines is 1. The van der Waals surface area contributed by atoms with Crippen LogP contribution in [0.25, 0.3) is 0 Å². The Labute approximate surface area is 175 Å². The number of nitro groups is 2. The second-order valence-corrected chi connectivity index (χ2v) is 6.68. The van der Waals surface area contributed by atoms with Crippen LogP contribution in [0.15, 0.2) is 77.9 Å². The summed E-state index contributed by atoms with van der Waals surface area (Å²) in [5, 5.41) is 30.6. The molecular weight excluding hydrogens is 402 g/mol. The van der Waals surface area contributed by atoms with E-state index in [9.17, 15) is 25.0 Å². The van der Waals surface area contributed by atoms with Gasteiger partial charge in [0.15, 0.2) is 6.17 Å². The third-order valence-electron chi connectivity index (χ3n) is 4.76. The predicted molar refractivity (Wildman–Crippen MR) is 113 cm³/mol. The van der Waals surface area contributed by atoms with E-state index in [1.54, 1.807) is 36.4 Å². The molecule has 1 aliphatic rings. The summed E-state index contributed by atoms with van der Waals surface area (Å²) in [6, 6.07) is 18.6. The van der Waals surface area contributed by atoms with Gasteiger partial charge in [-0.05, 0) is 47.5 Å². The molecule has 1 atom stereocenters. The van der Waals surface area contributed by atoms with E-state index < -0.39 is 16.0 Å². The number of nitrogens with one attached hydrogen (secondary N) is 1. The Morgan fingerprint density at radius 1 is 0.871 bits per heavy atom. The van der Waals surface area contributed by atoms with Crippen molar-refractivity contribution in [2.45, 2.75) is 6.17 Å². The molecule has 0 radical (unpaired) electrons. The molecule has 4 rings (SSSR count). The van der Waals surface area contributed by atoms with Crippen molar-refractivity contribution in [3.63, 3.8) is 0 Å². The zero-order valence-electron chi connectivity index (χ0n) is 15.9. The summed E-state index contributed by atoms with van der Waals surface area (Å²) in [4.78, 5) is 33.9. The number of carbonyl (C=O) groups excluding carboxylic acids is 1. The molecule has 0 saturated carbocycles. The standard InChI is InChI=1S/C21H15N5O5/c27-21-18-3-1-2-4-19(18)23-20(15-7-11-17(12-8-15)26(30)31)24(21)22-13-14-5-9-16(10-6-14)25(28)29/h1-13,20,23H/b22-13+. The van der Waals surface area contributed by atoms with Crippen LogP contribution in [0, 0.1) is 20.2 Å². The van der Waals surface area contributed by atoms with E-state index in [4.69, 9.17) is 0 Å². The molecule has 31 heavy (non-hydrogen) atoms. The summed E-state index contributed by atoms with van der Waals surface area (Å²) >= 11 is 0. The van der Waals surface area contributed by atoms with Gasteiger partial charge in [-0.3, -0.25) is 25.0 Å². The maximum Gasteiger partial charge on any atom is 0.278 e. The lowest BCUT2D eigenvalue weighted by atomic mass is 10.0. The minimum Gasteiger partial charge on any atom is -0.359 e. The first kappa shape index (κ1) is 19.7. The van der Waals surface area contributed by atoms with E-state index in [1.807, 2.05) is 0 Å². The lowest BCUT2D eigenvalue weighted by Crippen LogP contribution is -2.39. The van der Waals surface area contributed by atoms with Crippen LogP contribution in [0.4, 0.5) is 17.1 Å². The van der Waals surface area contributed by atoms with Crippen molar-refractivity contribution < 1.29 is 14.6 Å². The number of amides is 1. The Morgan fingerprint density at radius 2 is 1.45 bits per heavy atom. The van der Waals surface area contributed by atoms with Crippen LogP contribution in [0.2, 0.25) is 0 Å².